The van der Waals surface area contributed by atoms with Gasteiger partial charge in [0.1, 0.15) is 23.0 Å². The highest BCUT2D eigenvalue weighted by atomic mass is 16.5. The quantitative estimate of drug-likeness (QED) is 0.667. The van der Waals surface area contributed by atoms with E-state index in [1.54, 1.807) is 16.5 Å². The highest BCUT2D eigenvalue weighted by Gasteiger charge is 2.15. The largest absolute Gasteiger partial charge is 0.479 e. The number of carboxylic acids is 1. The molecule has 2 aromatic heterocycles. The minimum atomic E-state index is -1.28. The summed E-state index contributed by atoms with van der Waals surface area (Å²) < 4.78 is 6.87. The number of nitrogens with zero attached hydrogens (tertiary/aromatic N) is 3. The van der Waals surface area contributed by atoms with Gasteiger partial charge in [0, 0.05) is 5.69 Å². The van der Waals surface area contributed by atoms with Gasteiger partial charge >= 0.3 is 5.97 Å². The molecule has 1 N–H and O–H groups in total. The molecular formula is C13H11N3O3. The second kappa shape index (κ2) is 4.82. The minimum absolute atomic E-state index is 0.281. The lowest BCUT2D eigenvalue weighted by Gasteiger charge is -2.02. The molecule has 0 spiro atoms. The third kappa shape index (κ3) is 2.13. The van der Waals surface area contributed by atoms with E-state index in [0.29, 0.717) is 11.3 Å². The Morgan fingerprint density at radius 2 is 2.32 bits per heavy atom. The van der Waals surface area contributed by atoms with Crippen molar-refractivity contribution in [2.75, 3.05) is 7.11 Å². The molecule has 0 unspecified atom stereocenters. The first-order valence-electron chi connectivity index (χ1n) is 5.45. The molecule has 0 saturated heterocycles. The summed E-state index contributed by atoms with van der Waals surface area (Å²) in [4.78, 5) is 15.1. The Morgan fingerprint density at radius 3 is 2.89 bits per heavy atom. The van der Waals surface area contributed by atoms with Crippen molar-refractivity contribution < 1.29 is 14.6 Å². The van der Waals surface area contributed by atoms with Gasteiger partial charge in [0.05, 0.1) is 7.11 Å². The minimum Gasteiger partial charge on any atom is -0.479 e. The maximum absolute atomic E-state index is 10.9. The molecular weight excluding hydrogens is 246 g/mol. The van der Waals surface area contributed by atoms with Crippen LogP contribution >= 0.6 is 0 Å². The molecule has 0 atom stereocenters. The molecule has 0 amide bonds. The van der Waals surface area contributed by atoms with Crippen molar-refractivity contribution in [3.8, 4) is 11.9 Å². The van der Waals surface area contributed by atoms with Gasteiger partial charge in [-0.05, 0) is 25.1 Å². The monoisotopic (exact) mass is 257 g/mol. The first-order valence-corrected chi connectivity index (χ1v) is 5.45. The zero-order chi connectivity index (χ0) is 14.0. The Balaban J connectivity index is 2.78. The number of rotatable bonds is 3. The fourth-order valence-corrected chi connectivity index (χ4v) is 1.82. The molecule has 0 aromatic carbocycles. The van der Waals surface area contributed by atoms with Crippen molar-refractivity contribution in [3.05, 3.63) is 35.2 Å². The van der Waals surface area contributed by atoms with E-state index in [-0.39, 0.29) is 11.5 Å². The van der Waals surface area contributed by atoms with E-state index in [2.05, 4.69) is 4.98 Å². The highest BCUT2D eigenvalue weighted by molar-refractivity contribution is 5.96. The lowest BCUT2D eigenvalue weighted by molar-refractivity contribution is -0.132. The summed E-state index contributed by atoms with van der Waals surface area (Å²) in [5, 5.41) is 17.7. The van der Waals surface area contributed by atoms with Gasteiger partial charge in [-0.25, -0.2) is 4.79 Å². The number of methoxy groups -OCH3 is 1. The summed E-state index contributed by atoms with van der Waals surface area (Å²) in [7, 11) is 1.45. The van der Waals surface area contributed by atoms with Crippen LogP contribution in [0.4, 0.5) is 0 Å². The van der Waals surface area contributed by atoms with E-state index in [0.717, 1.165) is 5.69 Å². The second-order valence-corrected chi connectivity index (χ2v) is 3.84. The average molecular weight is 257 g/mol. The van der Waals surface area contributed by atoms with Gasteiger partial charge in [0.25, 0.3) is 0 Å². The number of nitriles is 1. The predicted molar refractivity (Wildman–Crippen MR) is 67.7 cm³/mol. The maximum Gasteiger partial charge on any atom is 0.346 e. The summed E-state index contributed by atoms with van der Waals surface area (Å²) in [6.45, 7) is 1.86. The van der Waals surface area contributed by atoms with Gasteiger partial charge in [-0.1, -0.05) is 6.07 Å². The van der Waals surface area contributed by atoms with Crippen molar-refractivity contribution in [1.29, 1.82) is 5.26 Å². The normalized spacial score (nSPS) is 11.3. The third-order valence-corrected chi connectivity index (χ3v) is 2.67. The molecule has 19 heavy (non-hydrogen) atoms. The smallest absolute Gasteiger partial charge is 0.346 e. The van der Waals surface area contributed by atoms with Crippen LogP contribution in [0.5, 0.6) is 5.88 Å². The van der Waals surface area contributed by atoms with E-state index < -0.39 is 5.97 Å². The van der Waals surface area contributed by atoms with Crippen LogP contribution in [0.1, 0.15) is 11.4 Å². The fourth-order valence-electron chi connectivity index (χ4n) is 1.82. The summed E-state index contributed by atoms with van der Waals surface area (Å²) in [5.41, 5.74) is 1.56. The molecule has 0 saturated carbocycles. The van der Waals surface area contributed by atoms with Crippen LogP contribution in [0, 0.1) is 18.3 Å². The van der Waals surface area contributed by atoms with Crippen LogP contribution in [0.25, 0.3) is 11.7 Å². The number of aryl methyl sites for hydroxylation is 1. The molecule has 96 valence electrons. The van der Waals surface area contributed by atoms with Gasteiger partial charge in [-0.15, -0.1) is 0 Å². The zero-order valence-corrected chi connectivity index (χ0v) is 10.4. The van der Waals surface area contributed by atoms with Gasteiger partial charge in [0.15, 0.2) is 0 Å². The second-order valence-electron chi connectivity index (χ2n) is 3.84. The Hall–Kier alpha value is -2.81. The van der Waals surface area contributed by atoms with Crippen molar-refractivity contribution in [2.45, 2.75) is 6.92 Å². The van der Waals surface area contributed by atoms with Crippen molar-refractivity contribution in [1.82, 2.24) is 9.38 Å². The van der Waals surface area contributed by atoms with Gasteiger partial charge in [-0.2, -0.15) is 10.2 Å². The lowest BCUT2D eigenvalue weighted by Crippen LogP contribution is -2.00. The molecule has 2 aromatic rings. The van der Waals surface area contributed by atoms with Crippen LogP contribution in [0.3, 0.4) is 0 Å². The SMILES string of the molecule is COc1nc2cccc(C)n2c1C=C(C#N)C(=O)O. The van der Waals surface area contributed by atoms with E-state index >= 15 is 0 Å². The topological polar surface area (TPSA) is 87.6 Å². The Bertz CT molecular complexity index is 723. The third-order valence-electron chi connectivity index (χ3n) is 2.67. The molecule has 0 aliphatic heterocycles. The van der Waals surface area contributed by atoms with Gasteiger partial charge in [0.2, 0.25) is 5.88 Å². The van der Waals surface area contributed by atoms with Gasteiger partial charge < -0.3 is 9.84 Å². The summed E-state index contributed by atoms with van der Waals surface area (Å²) in [5.74, 6) is -1.00. The molecule has 0 fully saturated rings. The molecule has 0 aliphatic rings. The Morgan fingerprint density at radius 1 is 1.58 bits per heavy atom. The number of pyridine rings is 1. The summed E-state index contributed by atoms with van der Waals surface area (Å²) >= 11 is 0. The number of aromatic nitrogens is 2. The Kier molecular flexibility index (Phi) is 3.21. The molecule has 6 nitrogen and oxygen atoms in total. The highest BCUT2D eigenvalue weighted by Crippen LogP contribution is 2.23. The van der Waals surface area contributed by atoms with E-state index in [4.69, 9.17) is 15.1 Å². The molecule has 0 radical (unpaired) electrons. The van der Waals surface area contributed by atoms with Crippen LogP contribution in [-0.2, 0) is 4.79 Å². The summed E-state index contributed by atoms with van der Waals surface area (Å²) in [6.07, 6.45) is 1.26. The number of ether oxygens (including phenoxy) is 1. The summed E-state index contributed by atoms with van der Waals surface area (Å²) in [6, 6.07) is 7.12. The molecule has 0 bridgehead atoms. The molecule has 2 rings (SSSR count). The predicted octanol–water partition coefficient (Wildman–Crippen LogP) is 1.64. The number of hydrogen-bond donors (Lipinski definition) is 1. The number of hydrogen-bond acceptors (Lipinski definition) is 4. The van der Waals surface area contributed by atoms with E-state index in [1.165, 1.54) is 13.2 Å². The Labute approximate surface area is 109 Å². The molecule has 0 aliphatic carbocycles. The standard InChI is InChI=1S/C13H11N3O3/c1-8-4-3-5-11-15-12(19-2)10(16(8)11)6-9(7-14)13(17)18/h3-6H,1-2H3,(H,17,18). The maximum atomic E-state index is 10.9. The van der Waals surface area contributed by atoms with Crippen molar-refractivity contribution in [2.24, 2.45) is 0 Å². The number of aliphatic carboxylic acids is 1. The number of imidazole rings is 1. The van der Waals surface area contributed by atoms with Crippen LogP contribution in [0.2, 0.25) is 0 Å². The average Bonchev–Trinajstić information content (AvgIpc) is 2.74. The molecule has 2 heterocycles. The first kappa shape index (κ1) is 12.6. The first-order chi connectivity index (χ1) is 9.08. The number of fused-ring (bicyclic) bond motifs is 1. The van der Waals surface area contributed by atoms with E-state index in [1.807, 2.05) is 19.1 Å². The van der Waals surface area contributed by atoms with Crippen LogP contribution < -0.4 is 4.74 Å². The van der Waals surface area contributed by atoms with Crippen molar-refractivity contribution in [3.63, 3.8) is 0 Å². The zero-order valence-electron chi connectivity index (χ0n) is 10.4. The molecule has 6 heteroatoms. The van der Waals surface area contributed by atoms with Crippen LogP contribution in [0.15, 0.2) is 23.8 Å². The van der Waals surface area contributed by atoms with E-state index in [9.17, 15) is 4.79 Å². The van der Waals surface area contributed by atoms with Crippen molar-refractivity contribution >= 4 is 17.7 Å². The number of carboxylic acid groups (broad SMARTS) is 1. The van der Waals surface area contributed by atoms with Gasteiger partial charge in [-0.3, -0.25) is 4.40 Å². The number of carbonyl (C=O) groups is 1. The lowest BCUT2D eigenvalue weighted by atomic mass is 10.2. The van der Waals surface area contributed by atoms with Crippen LogP contribution in [-0.4, -0.2) is 27.6 Å². The fraction of sp³-hybridized carbons (Fsp3) is 0.154.